The normalized spacial score (nSPS) is 20.5. The van der Waals surface area contributed by atoms with Crippen LogP contribution in [0.3, 0.4) is 0 Å². The third-order valence-corrected chi connectivity index (χ3v) is 3.94. The van der Waals surface area contributed by atoms with Crippen molar-refractivity contribution in [3.8, 4) is 0 Å². The number of fused-ring (bicyclic) bond motifs is 3. The first-order chi connectivity index (χ1) is 9.70. The molecule has 2 aliphatic heterocycles. The second-order valence-electron chi connectivity index (χ2n) is 4.92. The molecule has 0 spiro atoms. The lowest BCUT2D eigenvalue weighted by molar-refractivity contribution is 0.0705. The molecule has 1 atom stereocenters. The van der Waals surface area contributed by atoms with Crippen molar-refractivity contribution in [2.24, 2.45) is 0 Å². The molecule has 2 aliphatic rings. The van der Waals surface area contributed by atoms with E-state index in [1.54, 1.807) is 11.5 Å². The van der Waals surface area contributed by atoms with Gasteiger partial charge in [-0.2, -0.15) is 0 Å². The summed E-state index contributed by atoms with van der Waals surface area (Å²) in [6.07, 6.45) is 2.84. The summed E-state index contributed by atoms with van der Waals surface area (Å²) in [5.41, 5.74) is 3.37. The van der Waals surface area contributed by atoms with Crippen molar-refractivity contribution in [2.45, 2.75) is 39.2 Å². The van der Waals surface area contributed by atoms with Crippen molar-refractivity contribution in [3.63, 3.8) is 0 Å². The second-order valence-corrected chi connectivity index (χ2v) is 4.92. The van der Waals surface area contributed by atoms with Crippen LogP contribution >= 0.6 is 0 Å². The minimum atomic E-state index is -0.662. The van der Waals surface area contributed by atoms with Crippen molar-refractivity contribution in [2.75, 3.05) is 13.1 Å². The van der Waals surface area contributed by atoms with Gasteiger partial charge < -0.3 is 0 Å². The molecule has 0 bridgehead atoms. The maximum absolute atomic E-state index is 14.2. The van der Waals surface area contributed by atoms with Crippen molar-refractivity contribution in [3.05, 3.63) is 34.6 Å². The lowest BCUT2D eigenvalue weighted by Crippen LogP contribution is -2.32. The monoisotopic (exact) mass is 280 g/mol. The van der Waals surface area contributed by atoms with E-state index in [1.165, 1.54) is 6.07 Å². The number of nitrogens with one attached hydrogen (secondary N) is 1. The van der Waals surface area contributed by atoms with E-state index in [9.17, 15) is 9.18 Å². The number of carbonyl (C=O) groups is 1. The predicted octanol–water partition coefficient (Wildman–Crippen LogP) is 2.66. The van der Waals surface area contributed by atoms with Crippen LogP contribution in [0.2, 0.25) is 0 Å². The van der Waals surface area contributed by atoms with Crippen LogP contribution in [0.25, 0.3) is 0 Å². The van der Waals surface area contributed by atoms with E-state index in [0.717, 1.165) is 43.5 Å². The number of carbonyl (C=O) groups excluding carboxylic acids is 1. The summed E-state index contributed by atoms with van der Waals surface area (Å²) in [4.78, 5) is 13.6. The molecule has 1 aromatic rings. The van der Waals surface area contributed by atoms with Crippen LogP contribution in [0.15, 0.2) is 12.1 Å². The van der Waals surface area contributed by atoms with Crippen LogP contribution in [-0.4, -0.2) is 29.1 Å². The van der Waals surface area contributed by atoms with Gasteiger partial charge in [-0.25, -0.2) is 9.87 Å². The van der Waals surface area contributed by atoms with Crippen LogP contribution < -0.4 is 5.48 Å². The Kier molecular flexibility index (Phi) is 4.73. The lowest BCUT2D eigenvalue weighted by atomic mass is 9.90. The molecule has 110 valence electrons. The molecule has 0 radical (unpaired) electrons. The third kappa shape index (κ3) is 2.55. The Morgan fingerprint density at radius 1 is 1.40 bits per heavy atom. The molecule has 1 aromatic carbocycles. The van der Waals surface area contributed by atoms with Gasteiger partial charge in [-0.1, -0.05) is 13.8 Å². The Hall–Kier alpha value is -1.46. The average Bonchev–Trinajstić information content (AvgIpc) is 2.96. The topological polar surface area (TPSA) is 52.6 Å². The Balaban J connectivity index is 0.000000704. The van der Waals surface area contributed by atoms with Gasteiger partial charge >= 0.3 is 0 Å². The number of halogens is 1. The highest BCUT2D eigenvalue weighted by Crippen LogP contribution is 2.39. The summed E-state index contributed by atoms with van der Waals surface area (Å²) in [5.74, 6) is -0.992. The van der Waals surface area contributed by atoms with Gasteiger partial charge in [-0.05, 0) is 43.5 Å². The van der Waals surface area contributed by atoms with E-state index in [0.29, 0.717) is 0 Å². The first kappa shape index (κ1) is 14.9. The molecule has 0 aromatic heterocycles. The highest BCUT2D eigenvalue weighted by Gasteiger charge is 2.33. The number of rotatable bonds is 1. The Morgan fingerprint density at radius 3 is 2.85 bits per heavy atom. The van der Waals surface area contributed by atoms with Gasteiger partial charge in [0, 0.05) is 23.7 Å². The van der Waals surface area contributed by atoms with Crippen molar-refractivity contribution >= 4 is 5.91 Å². The van der Waals surface area contributed by atoms with E-state index < -0.39 is 5.91 Å². The van der Waals surface area contributed by atoms with Gasteiger partial charge in [0.05, 0.1) is 0 Å². The highest BCUT2D eigenvalue weighted by molar-refractivity contribution is 5.93. The first-order valence-corrected chi connectivity index (χ1v) is 7.21. The fourth-order valence-electron chi connectivity index (χ4n) is 3.14. The van der Waals surface area contributed by atoms with Crippen LogP contribution in [-0.2, 0) is 6.42 Å². The van der Waals surface area contributed by atoms with Gasteiger partial charge in [-0.3, -0.25) is 14.9 Å². The average molecular weight is 280 g/mol. The van der Waals surface area contributed by atoms with E-state index in [1.807, 2.05) is 13.8 Å². The minimum absolute atomic E-state index is 0.167. The molecule has 0 saturated carbocycles. The molecular weight excluding hydrogens is 259 g/mol. The largest absolute Gasteiger partial charge is 0.296 e. The van der Waals surface area contributed by atoms with E-state index in [2.05, 4.69) is 4.90 Å². The highest BCUT2D eigenvalue weighted by atomic mass is 19.1. The molecule has 2 N–H and O–H groups in total. The van der Waals surface area contributed by atoms with Gasteiger partial charge in [0.1, 0.15) is 5.82 Å². The van der Waals surface area contributed by atoms with E-state index in [-0.39, 0.29) is 17.4 Å². The number of amides is 1. The quantitative estimate of drug-likeness (QED) is 0.614. The van der Waals surface area contributed by atoms with Crippen LogP contribution in [0.4, 0.5) is 4.39 Å². The molecular formula is C15H21FN2O2. The third-order valence-electron chi connectivity index (χ3n) is 3.94. The van der Waals surface area contributed by atoms with Crippen molar-refractivity contribution in [1.82, 2.24) is 10.4 Å². The number of hydrogen-bond acceptors (Lipinski definition) is 3. The number of hydrogen-bond donors (Lipinski definition) is 2. The summed E-state index contributed by atoms with van der Waals surface area (Å²) in [6.45, 7) is 5.95. The standard InChI is InChI=1S/C13H15FN2O2.C2H6/c14-10-7-9(13(17)15-18)6-8-3-5-16-4-1-2-11(16)12(8)10;1-2/h6-7,11,18H,1-5H2,(H,15,17);1-2H3/t11-;/m1./s1. The molecule has 1 amide bonds. The predicted molar refractivity (Wildman–Crippen MR) is 74.3 cm³/mol. The zero-order chi connectivity index (χ0) is 14.7. The number of nitrogens with zero attached hydrogens (tertiary/aromatic N) is 1. The first-order valence-electron chi connectivity index (χ1n) is 7.21. The van der Waals surface area contributed by atoms with Gasteiger partial charge in [0.25, 0.3) is 5.91 Å². The molecule has 0 unspecified atom stereocenters. The lowest BCUT2D eigenvalue weighted by Gasteiger charge is -2.32. The number of benzene rings is 1. The van der Waals surface area contributed by atoms with Crippen LogP contribution in [0.1, 0.15) is 54.2 Å². The minimum Gasteiger partial charge on any atom is -0.296 e. The fourth-order valence-corrected chi connectivity index (χ4v) is 3.14. The SMILES string of the molecule is CC.O=C(NO)c1cc(F)c2c(c1)CCN1CCC[C@H]21. The van der Waals surface area contributed by atoms with Crippen molar-refractivity contribution < 1.29 is 14.4 Å². The summed E-state index contributed by atoms with van der Waals surface area (Å²) >= 11 is 0. The summed E-state index contributed by atoms with van der Waals surface area (Å²) in [6, 6.07) is 3.08. The molecule has 4 nitrogen and oxygen atoms in total. The molecule has 1 saturated heterocycles. The van der Waals surface area contributed by atoms with Crippen LogP contribution in [0, 0.1) is 5.82 Å². The summed E-state index contributed by atoms with van der Waals surface area (Å²) < 4.78 is 14.2. The molecule has 20 heavy (non-hydrogen) atoms. The molecule has 0 aliphatic carbocycles. The van der Waals surface area contributed by atoms with E-state index >= 15 is 0 Å². The molecule has 5 heteroatoms. The van der Waals surface area contributed by atoms with Gasteiger partial charge in [0.15, 0.2) is 0 Å². The Labute approximate surface area is 118 Å². The molecule has 2 heterocycles. The van der Waals surface area contributed by atoms with Crippen molar-refractivity contribution in [1.29, 1.82) is 0 Å². The molecule has 3 rings (SSSR count). The Morgan fingerprint density at radius 2 is 2.15 bits per heavy atom. The maximum Gasteiger partial charge on any atom is 0.274 e. The number of hydroxylamine groups is 1. The summed E-state index contributed by atoms with van der Waals surface area (Å²) in [5, 5.41) is 8.60. The Bertz CT molecular complexity index is 505. The van der Waals surface area contributed by atoms with Gasteiger partial charge in [0.2, 0.25) is 0 Å². The van der Waals surface area contributed by atoms with Gasteiger partial charge in [-0.15, -0.1) is 0 Å². The van der Waals surface area contributed by atoms with E-state index in [4.69, 9.17) is 5.21 Å². The fraction of sp³-hybridized carbons (Fsp3) is 0.533. The van der Waals surface area contributed by atoms with Crippen LogP contribution in [0.5, 0.6) is 0 Å². The smallest absolute Gasteiger partial charge is 0.274 e. The zero-order valence-electron chi connectivity index (χ0n) is 11.9. The molecule has 1 fully saturated rings. The second kappa shape index (κ2) is 6.33. The summed E-state index contributed by atoms with van der Waals surface area (Å²) in [7, 11) is 0. The zero-order valence-corrected chi connectivity index (χ0v) is 11.9. The maximum atomic E-state index is 14.2.